The first-order chi connectivity index (χ1) is 8.76. The molecule has 1 aromatic rings. The first-order valence-electron chi connectivity index (χ1n) is 6.43. The second-order valence-corrected chi connectivity index (χ2v) is 5.30. The molecule has 2 heterocycles. The SMILES string of the molecule is NC(=NO)c1cc(CN2CC3CCC2C3)ccn1. The van der Waals surface area contributed by atoms with E-state index in [2.05, 4.69) is 15.0 Å². The molecule has 1 saturated heterocycles. The van der Waals surface area contributed by atoms with Crippen molar-refractivity contribution in [3.05, 3.63) is 29.6 Å². The van der Waals surface area contributed by atoms with Gasteiger partial charge in [0.25, 0.3) is 0 Å². The van der Waals surface area contributed by atoms with Gasteiger partial charge in [-0.2, -0.15) is 0 Å². The van der Waals surface area contributed by atoms with Crippen molar-refractivity contribution in [1.29, 1.82) is 0 Å². The summed E-state index contributed by atoms with van der Waals surface area (Å²) in [5, 5.41) is 11.6. The third-order valence-corrected chi connectivity index (χ3v) is 4.10. The molecule has 1 aromatic heterocycles. The van der Waals surface area contributed by atoms with E-state index in [1.165, 1.54) is 31.4 Å². The van der Waals surface area contributed by atoms with Gasteiger partial charge in [-0.25, -0.2) is 0 Å². The molecule has 1 aliphatic carbocycles. The standard InChI is InChI=1S/C13H18N4O/c14-13(16-18)12-6-10(3-4-15-12)8-17-7-9-1-2-11(17)5-9/h3-4,6,9,11,18H,1-2,5,7-8H2,(H2,14,16). The largest absolute Gasteiger partial charge is 0.409 e. The van der Waals surface area contributed by atoms with Crippen LogP contribution in [0.4, 0.5) is 0 Å². The van der Waals surface area contributed by atoms with Crippen molar-refractivity contribution in [3.8, 4) is 0 Å². The minimum Gasteiger partial charge on any atom is -0.409 e. The number of hydrogen-bond donors (Lipinski definition) is 2. The van der Waals surface area contributed by atoms with Crippen LogP contribution in [0.25, 0.3) is 0 Å². The highest BCUT2D eigenvalue weighted by atomic mass is 16.4. The van der Waals surface area contributed by atoms with Crippen LogP contribution in [-0.2, 0) is 6.54 Å². The second kappa shape index (κ2) is 4.57. The molecular formula is C13H18N4O. The van der Waals surface area contributed by atoms with E-state index in [-0.39, 0.29) is 5.84 Å². The maximum atomic E-state index is 8.66. The normalized spacial score (nSPS) is 27.9. The molecule has 0 spiro atoms. The number of hydrogen-bond acceptors (Lipinski definition) is 4. The molecule has 0 amide bonds. The van der Waals surface area contributed by atoms with Crippen LogP contribution in [0, 0.1) is 5.92 Å². The maximum Gasteiger partial charge on any atom is 0.188 e. The molecule has 1 aliphatic heterocycles. The van der Waals surface area contributed by atoms with E-state index in [0.29, 0.717) is 5.69 Å². The summed E-state index contributed by atoms with van der Waals surface area (Å²) in [5.74, 6) is 0.972. The fourth-order valence-electron chi connectivity index (χ4n) is 3.22. The maximum absolute atomic E-state index is 8.66. The van der Waals surface area contributed by atoms with Crippen molar-refractivity contribution < 1.29 is 5.21 Å². The van der Waals surface area contributed by atoms with Gasteiger partial charge in [0.05, 0.1) is 0 Å². The Bertz CT molecular complexity index is 474. The minimum absolute atomic E-state index is 0.0693. The molecule has 3 rings (SSSR count). The molecule has 2 atom stereocenters. The smallest absolute Gasteiger partial charge is 0.188 e. The van der Waals surface area contributed by atoms with Gasteiger partial charge in [-0.3, -0.25) is 9.88 Å². The minimum atomic E-state index is 0.0693. The topological polar surface area (TPSA) is 74.7 Å². The summed E-state index contributed by atoms with van der Waals surface area (Å²) in [7, 11) is 0. The van der Waals surface area contributed by atoms with E-state index < -0.39 is 0 Å². The summed E-state index contributed by atoms with van der Waals surface area (Å²) in [6.07, 6.45) is 5.81. The molecule has 5 nitrogen and oxygen atoms in total. The number of oxime groups is 1. The number of aromatic nitrogens is 1. The highest BCUT2D eigenvalue weighted by molar-refractivity contribution is 5.95. The Morgan fingerprint density at radius 1 is 1.56 bits per heavy atom. The van der Waals surface area contributed by atoms with Crippen LogP contribution in [0.1, 0.15) is 30.5 Å². The van der Waals surface area contributed by atoms with Crippen LogP contribution in [0.3, 0.4) is 0 Å². The summed E-state index contributed by atoms with van der Waals surface area (Å²) in [6, 6.07) is 4.66. The highest BCUT2D eigenvalue weighted by Crippen LogP contribution is 2.37. The molecule has 0 aromatic carbocycles. The summed E-state index contributed by atoms with van der Waals surface area (Å²) in [5.41, 5.74) is 7.28. The predicted molar refractivity (Wildman–Crippen MR) is 68.3 cm³/mol. The van der Waals surface area contributed by atoms with E-state index in [0.717, 1.165) is 18.5 Å². The van der Waals surface area contributed by atoms with Gasteiger partial charge in [-0.1, -0.05) is 5.16 Å². The zero-order valence-electron chi connectivity index (χ0n) is 10.3. The Morgan fingerprint density at radius 3 is 3.11 bits per heavy atom. The molecule has 5 heteroatoms. The number of pyridine rings is 1. The van der Waals surface area contributed by atoms with E-state index in [4.69, 9.17) is 10.9 Å². The first-order valence-corrected chi connectivity index (χ1v) is 6.43. The van der Waals surface area contributed by atoms with Gasteiger partial charge >= 0.3 is 0 Å². The zero-order valence-corrected chi connectivity index (χ0v) is 10.3. The quantitative estimate of drug-likeness (QED) is 0.363. The van der Waals surface area contributed by atoms with E-state index in [1.54, 1.807) is 6.20 Å². The van der Waals surface area contributed by atoms with Crippen molar-refractivity contribution in [3.63, 3.8) is 0 Å². The summed E-state index contributed by atoms with van der Waals surface area (Å²) >= 11 is 0. The van der Waals surface area contributed by atoms with Gasteiger partial charge in [0.1, 0.15) is 5.69 Å². The van der Waals surface area contributed by atoms with Crippen molar-refractivity contribution in [1.82, 2.24) is 9.88 Å². The van der Waals surface area contributed by atoms with Gasteiger partial charge in [0.2, 0.25) is 0 Å². The molecule has 1 saturated carbocycles. The van der Waals surface area contributed by atoms with E-state index >= 15 is 0 Å². The van der Waals surface area contributed by atoms with Gasteiger partial charge in [-0.15, -0.1) is 0 Å². The fraction of sp³-hybridized carbons (Fsp3) is 0.538. The summed E-state index contributed by atoms with van der Waals surface area (Å²) < 4.78 is 0. The molecule has 0 radical (unpaired) electrons. The molecule has 96 valence electrons. The highest BCUT2D eigenvalue weighted by Gasteiger charge is 2.37. The van der Waals surface area contributed by atoms with Crippen molar-refractivity contribution >= 4 is 5.84 Å². The molecule has 2 bridgehead atoms. The van der Waals surface area contributed by atoms with Gasteiger partial charge in [0.15, 0.2) is 5.84 Å². The number of rotatable bonds is 3. The fourth-order valence-corrected chi connectivity index (χ4v) is 3.22. The van der Waals surface area contributed by atoms with Crippen LogP contribution in [0.15, 0.2) is 23.5 Å². The predicted octanol–water partition coefficient (Wildman–Crippen LogP) is 1.16. The third-order valence-electron chi connectivity index (χ3n) is 4.10. The molecule has 3 N–H and O–H groups in total. The van der Waals surface area contributed by atoms with Gasteiger partial charge < -0.3 is 10.9 Å². The average Bonchev–Trinajstić information content (AvgIpc) is 3.00. The van der Waals surface area contributed by atoms with Crippen molar-refractivity contribution in [2.75, 3.05) is 6.54 Å². The van der Waals surface area contributed by atoms with Crippen LogP contribution < -0.4 is 5.73 Å². The average molecular weight is 246 g/mol. The molecular weight excluding hydrogens is 228 g/mol. The Hall–Kier alpha value is -1.62. The van der Waals surface area contributed by atoms with Crippen molar-refractivity contribution in [2.24, 2.45) is 16.8 Å². The van der Waals surface area contributed by atoms with Crippen LogP contribution >= 0.6 is 0 Å². The number of nitrogens with two attached hydrogens (primary N) is 1. The number of nitrogens with zero attached hydrogens (tertiary/aromatic N) is 3. The van der Waals surface area contributed by atoms with Gasteiger partial charge in [-0.05, 0) is 42.9 Å². The van der Waals surface area contributed by atoms with Gasteiger partial charge in [0, 0.05) is 25.3 Å². The van der Waals surface area contributed by atoms with Crippen molar-refractivity contribution in [2.45, 2.75) is 31.8 Å². The zero-order chi connectivity index (χ0) is 12.5. The Balaban J connectivity index is 1.73. The second-order valence-electron chi connectivity index (χ2n) is 5.30. The number of amidine groups is 1. The van der Waals surface area contributed by atoms with Crippen LogP contribution in [0.5, 0.6) is 0 Å². The van der Waals surface area contributed by atoms with E-state index in [9.17, 15) is 0 Å². The summed E-state index contributed by atoms with van der Waals surface area (Å²) in [6.45, 7) is 2.15. The lowest BCUT2D eigenvalue weighted by atomic mass is 10.1. The monoisotopic (exact) mass is 246 g/mol. The molecule has 2 unspecified atom stereocenters. The lowest BCUT2D eigenvalue weighted by Gasteiger charge is -2.26. The first kappa shape index (κ1) is 11.5. The lowest BCUT2D eigenvalue weighted by molar-refractivity contribution is 0.205. The lowest BCUT2D eigenvalue weighted by Crippen LogP contribution is -2.31. The van der Waals surface area contributed by atoms with Crippen LogP contribution in [0.2, 0.25) is 0 Å². The number of likely N-dealkylation sites (tertiary alicyclic amines) is 1. The molecule has 2 aliphatic rings. The van der Waals surface area contributed by atoms with Crippen LogP contribution in [-0.4, -0.2) is 33.5 Å². The Kier molecular flexibility index (Phi) is 2.91. The molecule has 2 fully saturated rings. The molecule has 18 heavy (non-hydrogen) atoms. The summed E-state index contributed by atoms with van der Waals surface area (Å²) in [4.78, 5) is 6.64. The van der Waals surface area contributed by atoms with E-state index in [1.807, 2.05) is 12.1 Å². The Morgan fingerprint density at radius 2 is 2.44 bits per heavy atom. The number of fused-ring (bicyclic) bond motifs is 2. The third kappa shape index (κ3) is 2.06. The Labute approximate surface area is 106 Å². The number of piperidine rings is 1.